The summed E-state index contributed by atoms with van der Waals surface area (Å²) in [6.45, 7) is 5.26. The van der Waals surface area contributed by atoms with Crippen LogP contribution in [0.25, 0.3) is 16.6 Å². The first-order valence-corrected chi connectivity index (χ1v) is 13.6. The van der Waals surface area contributed by atoms with Gasteiger partial charge >= 0.3 is 0 Å². The lowest BCUT2D eigenvalue weighted by Gasteiger charge is -2.35. The van der Waals surface area contributed by atoms with E-state index in [0.29, 0.717) is 0 Å². The highest BCUT2D eigenvalue weighted by Gasteiger charge is 2.23. The molecule has 10 nitrogen and oxygen atoms in total. The number of rotatable bonds is 5. The van der Waals surface area contributed by atoms with Gasteiger partial charge < -0.3 is 14.9 Å². The minimum Gasteiger partial charge on any atom is -0.393 e. The zero-order chi connectivity index (χ0) is 27.5. The molecule has 5 heterocycles. The Balaban J connectivity index is 0.000000523. The summed E-state index contributed by atoms with van der Waals surface area (Å²) in [4.78, 5) is 18.3. The molecule has 1 aliphatic heterocycles. The fourth-order valence-corrected chi connectivity index (χ4v) is 4.89. The third kappa shape index (κ3) is 5.50. The zero-order valence-corrected chi connectivity index (χ0v) is 22.4. The van der Waals surface area contributed by atoms with Crippen molar-refractivity contribution >= 4 is 17.3 Å². The molecule has 206 valence electrons. The van der Waals surface area contributed by atoms with E-state index >= 15 is 0 Å². The summed E-state index contributed by atoms with van der Waals surface area (Å²) in [7, 11) is 0. The van der Waals surface area contributed by atoms with Crippen LogP contribution >= 0.6 is 0 Å². The lowest BCUT2D eigenvalue weighted by Crippen LogP contribution is -2.47. The summed E-state index contributed by atoms with van der Waals surface area (Å²) in [6, 6.07) is 8.67. The first-order valence-electron chi connectivity index (χ1n) is 13.6. The molecule has 0 bridgehead atoms. The van der Waals surface area contributed by atoms with Crippen LogP contribution in [0.3, 0.4) is 0 Å². The van der Waals surface area contributed by atoms with Crippen LogP contribution in [0.5, 0.6) is 0 Å². The average molecular weight is 542 g/mol. The summed E-state index contributed by atoms with van der Waals surface area (Å²) < 4.78 is 15.1. The summed E-state index contributed by atoms with van der Waals surface area (Å²) in [5.74, 6) is 1.50. The number of nitrogens with zero attached hydrogens (tertiary/aromatic N) is 8. The second-order valence-electron chi connectivity index (χ2n) is 10.3. The zero-order valence-electron chi connectivity index (χ0n) is 22.4. The van der Waals surface area contributed by atoms with Crippen LogP contribution in [0.2, 0.25) is 0 Å². The lowest BCUT2D eigenvalue weighted by atomic mass is 9.95. The number of piperazine rings is 1. The first kappa shape index (κ1) is 25.9. The number of aromatic nitrogens is 7. The largest absolute Gasteiger partial charge is 0.393 e. The summed E-state index contributed by atoms with van der Waals surface area (Å²) in [5, 5.41) is 19.7. The van der Waals surface area contributed by atoms with E-state index in [1.807, 2.05) is 29.3 Å². The van der Waals surface area contributed by atoms with Crippen molar-refractivity contribution in [2.75, 3.05) is 36.0 Å². The molecule has 1 atom stereocenters. The average Bonchev–Trinajstić information content (AvgIpc) is 3.67. The predicted molar refractivity (Wildman–Crippen MR) is 151 cm³/mol. The summed E-state index contributed by atoms with van der Waals surface area (Å²) in [5.41, 5.74) is 5.06. The molecule has 1 unspecified atom stereocenters. The maximum absolute atomic E-state index is 13.2. The van der Waals surface area contributed by atoms with E-state index in [4.69, 9.17) is 5.11 Å². The van der Waals surface area contributed by atoms with Gasteiger partial charge in [-0.2, -0.15) is 10.2 Å². The number of H-pyrrole nitrogens is 1. The molecule has 1 aliphatic carbocycles. The van der Waals surface area contributed by atoms with Gasteiger partial charge in [-0.15, -0.1) is 0 Å². The summed E-state index contributed by atoms with van der Waals surface area (Å²) in [6.07, 6.45) is 14.4. The molecular formula is C29H32FN9O. The number of halogens is 1. The van der Waals surface area contributed by atoms with Gasteiger partial charge in [-0.05, 0) is 48.6 Å². The minimum atomic E-state index is -0.232. The van der Waals surface area contributed by atoms with E-state index in [2.05, 4.69) is 53.0 Å². The van der Waals surface area contributed by atoms with Crippen LogP contribution < -0.4 is 9.80 Å². The minimum absolute atomic E-state index is 0.0648. The SMILES string of the molecule is CC(c1ccc(F)cc1)c1cnc(N2CCN(c3ncnn4cc(-c5cn[nH]c5)cc34)CC2)nc1.OC1CCC1. The van der Waals surface area contributed by atoms with Crippen LogP contribution in [0.1, 0.15) is 43.2 Å². The van der Waals surface area contributed by atoms with E-state index in [1.165, 1.54) is 18.6 Å². The Labute approximate surface area is 231 Å². The van der Waals surface area contributed by atoms with Gasteiger partial charge in [-0.25, -0.2) is 23.9 Å². The molecule has 40 heavy (non-hydrogen) atoms. The maximum atomic E-state index is 13.2. The molecule has 1 aromatic carbocycles. The molecule has 5 aromatic rings. The standard InChI is InChI=1S/C25H24FN9.C4H8O/c1-17(18-2-4-22(26)5-3-18)20-11-27-25(28-12-20)34-8-6-33(7-9-34)24-23-10-19(21-13-30-31-14-21)15-35(23)32-16-29-24;5-4-2-1-3-4/h2-5,10-17H,6-9H2,1H3,(H,30,31);4-5H,1-3H2. The first-order chi connectivity index (χ1) is 19.5. The number of aliphatic hydroxyl groups excluding tert-OH is 1. The number of fused-ring (bicyclic) bond motifs is 1. The van der Waals surface area contributed by atoms with Gasteiger partial charge in [0.15, 0.2) is 5.82 Å². The Morgan fingerprint density at radius 2 is 1.62 bits per heavy atom. The Morgan fingerprint density at radius 1 is 0.925 bits per heavy atom. The Bertz CT molecular complexity index is 1520. The third-order valence-electron chi connectivity index (χ3n) is 7.68. The van der Waals surface area contributed by atoms with Crippen LogP contribution in [0, 0.1) is 5.82 Å². The van der Waals surface area contributed by atoms with Gasteiger partial charge in [0.1, 0.15) is 17.7 Å². The highest BCUT2D eigenvalue weighted by molar-refractivity contribution is 5.77. The normalized spacial score (nSPS) is 16.4. The second kappa shape index (κ2) is 11.4. The van der Waals surface area contributed by atoms with Gasteiger partial charge in [0.05, 0.1) is 12.3 Å². The molecule has 0 radical (unpaired) electrons. The molecule has 7 rings (SSSR count). The fraction of sp³-hybridized carbons (Fsp3) is 0.345. The number of aliphatic hydroxyl groups is 1. The number of anilines is 2. The molecule has 0 spiro atoms. The van der Waals surface area contributed by atoms with E-state index in [1.54, 1.807) is 24.7 Å². The van der Waals surface area contributed by atoms with Crippen LogP contribution in [-0.4, -0.2) is 72.2 Å². The number of benzene rings is 1. The number of hydrogen-bond donors (Lipinski definition) is 2. The van der Waals surface area contributed by atoms with E-state index in [9.17, 15) is 4.39 Å². The molecule has 2 N–H and O–H groups in total. The van der Waals surface area contributed by atoms with Crippen molar-refractivity contribution in [2.24, 2.45) is 0 Å². The maximum Gasteiger partial charge on any atom is 0.225 e. The van der Waals surface area contributed by atoms with Crippen molar-refractivity contribution in [1.82, 2.24) is 34.8 Å². The number of nitrogens with one attached hydrogen (secondary N) is 1. The van der Waals surface area contributed by atoms with E-state index in [0.717, 1.165) is 78.6 Å². The fourth-order valence-electron chi connectivity index (χ4n) is 4.89. The van der Waals surface area contributed by atoms with Crippen LogP contribution in [0.15, 0.2) is 67.6 Å². The molecule has 1 saturated heterocycles. The van der Waals surface area contributed by atoms with Crippen molar-refractivity contribution < 1.29 is 9.50 Å². The Morgan fingerprint density at radius 3 is 2.25 bits per heavy atom. The Hall–Kier alpha value is -4.38. The van der Waals surface area contributed by atoms with Crippen LogP contribution in [0.4, 0.5) is 16.2 Å². The van der Waals surface area contributed by atoms with Gasteiger partial charge in [0.2, 0.25) is 5.95 Å². The van der Waals surface area contributed by atoms with Gasteiger partial charge in [-0.3, -0.25) is 5.10 Å². The predicted octanol–water partition coefficient (Wildman–Crippen LogP) is 4.06. The summed E-state index contributed by atoms with van der Waals surface area (Å²) >= 11 is 0. The van der Waals surface area contributed by atoms with Gasteiger partial charge in [0, 0.05) is 68.0 Å². The monoisotopic (exact) mass is 541 g/mol. The van der Waals surface area contributed by atoms with E-state index in [-0.39, 0.29) is 17.8 Å². The molecule has 0 amide bonds. The van der Waals surface area contributed by atoms with Gasteiger partial charge in [-0.1, -0.05) is 19.1 Å². The van der Waals surface area contributed by atoms with Crippen LogP contribution in [-0.2, 0) is 0 Å². The van der Waals surface area contributed by atoms with Crippen molar-refractivity contribution in [3.8, 4) is 11.1 Å². The molecule has 4 aromatic heterocycles. The van der Waals surface area contributed by atoms with Crippen molar-refractivity contribution in [3.63, 3.8) is 0 Å². The van der Waals surface area contributed by atoms with E-state index < -0.39 is 0 Å². The number of hydrogen-bond acceptors (Lipinski definition) is 8. The number of aromatic amines is 1. The molecule has 1 saturated carbocycles. The van der Waals surface area contributed by atoms with Crippen molar-refractivity contribution in [1.29, 1.82) is 0 Å². The third-order valence-corrected chi connectivity index (χ3v) is 7.68. The molecule has 11 heteroatoms. The molecule has 2 aliphatic rings. The van der Waals surface area contributed by atoms with Gasteiger partial charge in [0.25, 0.3) is 0 Å². The highest BCUT2D eigenvalue weighted by Crippen LogP contribution is 2.28. The molecule has 2 fully saturated rings. The van der Waals surface area contributed by atoms with Crippen molar-refractivity contribution in [3.05, 3.63) is 84.6 Å². The Kier molecular flexibility index (Phi) is 7.37. The quantitative estimate of drug-likeness (QED) is 0.343. The smallest absolute Gasteiger partial charge is 0.225 e. The second-order valence-corrected chi connectivity index (χ2v) is 10.3. The topological polar surface area (TPSA) is 111 Å². The molecular weight excluding hydrogens is 509 g/mol. The lowest BCUT2D eigenvalue weighted by molar-refractivity contribution is 0.0950. The van der Waals surface area contributed by atoms with Crippen molar-refractivity contribution in [2.45, 2.75) is 38.2 Å². The highest BCUT2D eigenvalue weighted by atomic mass is 19.1.